The number of nitrogens with zero attached hydrogens (tertiary/aromatic N) is 1. The minimum atomic E-state index is 0.360. The third kappa shape index (κ3) is 3.60. The lowest BCUT2D eigenvalue weighted by molar-refractivity contribution is 0.298. The molecule has 0 saturated heterocycles. The van der Waals surface area contributed by atoms with Crippen LogP contribution in [0.3, 0.4) is 0 Å². The summed E-state index contributed by atoms with van der Waals surface area (Å²) in [5, 5.41) is 1.25. The SMILES string of the molecule is NNC(Cc1ccnc2ccccc12)CC1CCCCC1. The lowest BCUT2D eigenvalue weighted by Crippen LogP contribution is -2.38. The largest absolute Gasteiger partial charge is 0.271 e. The fraction of sp³-hybridized carbons (Fsp3) is 0.500. The zero-order valence-corrected chi connectivity index (χ0v) is 12.6. The quantitative estimate of drug-likeness (QED) is 0.651. The molecule has 1 unspecified atom stereocenters. The zero-order valence-electron chi connectivity index (χ0n) is 12.6. The van der Waals surface area contributed by atoms with Crippen LogP contribution >= 0.6 is 0 Å². The van der Waals surface area contributed by atoms with Crippen molar-refractivity contribution >= 4 is 10.9 Å². The lowest BCUT2D eigenvalue weighted by Gasteiger charge is -2.26. The first-order valence-corrected chi connectivity index (χ1v) is 8.15. The third-order valence-electron chi connectivity index (χ3n) is 4.78. The van der Waals surface area contributed by atoms with E-state index in [2.05, 4.69) is 34.7 Å². The Morgan fingerprint density at radius 1 is 1.14 bits per heavy atom. The Morgan fingerprint density at radius 3 is 2.76 bits per heavy atom. The summed E-state index contributed by atoms with van der Waals surface area (Å²) in [6.07, 6.45) is 11.0. The van der Waals surface area contributed by atoms with Crippen LogP contribution in [-0.4, -0.2) is 11.0 Å². The highest BCUT2D eigenvalue weighted by Crippen LogP contribution is 2.28. The van der Waals surface area contributed by atoms with Crippen LogP contribution in [0.15, 0.2) is 36.5 Å². The smallest absolute Gasteiger partial charge is 0.0704 e. The van der Waals surface area contributed by atoms with Gasteiger partial charge in [0, 0.05) is 17.6 Å². The van der Waals surface area contributed by atoms with Crippen molar-refractivity contribution in [3.8, 4) is 0 Å². The summed E-state index contributed by atoms with van der Waals surface area (Å²) in [6.45, 7) is 0. The number of hydrogen-bond donors (Lipinski definition) is 2. The van der Waals surface area contributed by atoms with E-state index in [4.69, 9.17) is 5.84 Å². The Morgan fingerprint density at radius 2 is 1.95 bits per heavy atom. The second-order valence-corrected chi connectivity index (χ2v) is 6.29. The van der Waals surface area contributed by atoms with Gasteiger partial charge in [-0.3, -0.25) is 16.3 Å². The molecule has 3 nitrogen and oxygen atoms in total. The van der Waals surface area contributed by atoms with Crippen molar-refractivity contribution in [2.75, 3.05) is 0 Å². The van der Waals surface area contributed by atoms with E-state index in [-0.39, 0.29) is 0 Å². The Bertz CT molecular complexity index is 570. The molecule has 1 saturated carbocycles. The second kappa shape index (κ2) is 7.01. The van der Waals surface area contributed by atoms with E-state index in [1.165, 1.54) is 49.5 Å². The highest BCUT2D eigenvalue weighted by Gasteiger charge is 2.19. The highest BCUT2D eigenvalue weighted by molar-refractivity contribution is 5.81. The Kier molecular flexibility index (Phi) is 4.84. The standard InChI is InChI=1S/C18H25N3/c19-21-16(12-14-6-2-1-3-7-14)13-15-10-11-20-18-9-5-4-8-17(15)18/h4-5,8-11,14,16,21H,1-3,6-7,12-13,19H2. The molecular formula is C18H25N3. The molecule has 1 aromatic heterocycles. The molecule has 1 heterocycles. The molecule has 0 spiro atoms. The fourth-order valence-electron chi connectivity index (χ4n) is 3.63. The van der Waals surface area contributed by atoms with E-state index in [9.17, 15) is 0 Å². The van der Waals surface area contributed by atoms with Gasteiger partial charge in [-0.1, -0.05) is 50.3 Å². The molecule has 0 aliphatic heterocycles. The Labute approximate surface area is 126 Å². The van der Waals surface area contributed by atoms with Crippen LogP contribution in [0, 0.1) is 5.92 Å². The number of nitrogens with two attached hydrogens (primary N) is 1. The molecule has 1 fully saturated rings. The summed E-state index contributed by atoms with van der Waals surface area (Å²) < 4.78 is 0. The maximum atomic E-state index is 5.82. The van der Waals surface area contributed by atoms with Crippen molar-refractivity contribution in [2.45, 2.75) is 51.0 Å². The molecule has 3 heteroatoms. The first-order valence-electron chi connectivity index (χ1n) is 8.15. The van der Waals surface area contributed by atoms with Gasteiger partial charge in [-0.2, -0.15) is 0 Å². The molecule has 1 aromatic carbocycles. The molecule has 0 bridgehead atoms. The van der Waals surface area contributed by atoms with Crippen molar-refractivity contribution in [3.05, 3.63) is 42.1 Å². The molecule has 21 heavy (non-hydrogen) atoms. The third-order valence-corrected chi connectivity index (χ3v) is 4.78. The van der Waals surface area contributed by atoms with Crippen LogP contribution in [0.25, 0.3) is 10.9 Å². The summed E-state index contributed by atoms with van der Waals surface area (Å²) in [7, 11) is 0. The van der Waals surface area contributed by atoms with Crippen LogP contribution in [0.2, 0.25) is 0 Å². The van der Waals surface area contributed by atoms with Gasteiger partial charge >= 0.3 is 0 Å². The monoisotopic (exact) mass is 283 g/mol. The Balaban J connectivity index is 1.72. The highest BCUT2D eigenvalue weighted by atomic mass is 15.2. The van der Waals surface area contributed by atoms with E-state index < -0.39 is 0 Å². The van der Waals surface area contributed by atoms with Crippen molar-refractivity contribution in [1.29, 1.82) is 0 Å². The number of fused-ring (bicyclic) bond motifs is 1. The summed E-state index contributed by atoms with van der Waals surface area (Å²) >= 11 is 0. The van der Waals surface area contributed by atoms with Gasteiger partial charge in [0.05, 0.1) is 5.52 Å². The van der Waals surface area contributed by atoms with Gasteiger partial charge in [0.25, 0.3) is 0 Å². The van der Waals surface area contributed by atoms with Crippen molar-refractivity contribution < 1.29 is 0 Å². The molecule has 0 radical (unpaired) electrons. The van der Waals surface area contributed by atoms with Gasteiger partial charge < -0.3 is 0 Å². The molecule has 1 aliphatic rings. The number of para-hydroxylation sites is 1. The van der Waals surface area contributed by atoms with Crippen LogP contribution in [0.1, 0.15) is 44.1 Å². The average Bonchev–Trinajstić information content (AvgIpc) is 2.55. The number of pyridine rings is 1. The van der Waals surface area contributed by atoms with Crippen LogP contribution in [0.5, 0.6) is 0 Å². The van der Waals surface area contributed by atoms with Crippen molar-refractivity contribution in [1.82, 2.24) is 10.4 Å². The minimum Gasteiger partial charge on any atom is -0.271 e. The Hall–Kier alpha value is -1.45. The maximum Gasteiger partial charge on any atom is 0.0704 e. The number of hydrazine groups is 1. The summed E-state index contributed by atoms with van der Waals surface area (Å²) in [5.41, 5.74) is 5.46. The summed E-state index contributed by atoms with van der Waals surface area (Å²) in [6, 6.07) is 10.8. The molecular weight excluding hydrogens is 258 g/mol. The second-order valence-electron chi connectivity index (χ2n) is 6.29. The van der Waals surface area contributed by atoms with Gasteiger partial charge in [-0.15, -0.1) is 0 Å². The van der Waals surface area contributed by atoms with E-state index in [1.807, 2.05) is 12.3 Å². The van der Waals surface area contributed by atoms with Crippen LogP contribution in [-0.2, 0) is 6.42 Å². The first-order chi connectivity index (χ1) is 10.4. The number of benzene rings is 1. The number of hydrogen-bond acceptors (Lipinski definition) is 3. The molecule has 1 aliphatic carbocycles. The number of aromatic nitrogens is 1. The van der Waals surface area contributed by atoms with Crippen molar-refractivity contribution in [2.24, 2.45) is 11.8 Å². The van der Waals surface area contributed by atoms with Gasteiger partial charge in [-0.05, 0) is 36.5 Å². The lowest BCUT2D eigenvalue weighted by atomic mass is 9.83. The van der Waals surface area contributed by atoms with Gasteiger partial charge in [-0.25, -0.2) is 0 Å². The number of nitrogens with one attached hydrogen (secondary N) is 1. The molecule has 1 atom stereocenters. The molecule has 0 amide bonds. The van der Waals surface area contributed by atoms with E-state index in [0.29, 0.717) is 6.04 Å². The van der Waals surface area contributed by atoms with Gasteiger partial charge in [0.1, 0.15) is 0 Å². The van der Waals surface area contributed by atoms with E-state index in [0.717, 1.165) is 17.9 Å². The minimum absolute atomic E-state index is 0.360. The van der Waals surface area contributed by atoms with Gasteiger partial charge in [0.15, 0.2) is 0 Å². The molecule has 112 valence electrons. The normalized spacial score (nSPS) is 18.0. The maximum absolute atomic E-state index is 5.82. The van der Waals surface area contributed by atoms with E-state index >= 15 is 0 Å². The topological polar surface area (TPSA) is 50.9 Å². The predicted molar refractivity (Wildman–Crippen MR) is 87.8 cm³/mol. The summed E-state index contributed by atoms with van der Waals surface area (Å²) in [5.74, 6) is 6.66. The average molecular weight is 283 g/mol. The van der Waals surface area contributed by atoms with Gasteiger partial charge in [0.2, 0.25) is 0 Å². The van der Waals surface area contributed by atoms with E-state index in [1.54, 1.807) is 0 Å². The zero-order chi connectivity index (χ0) is 14.5. The predicted octanol–water partition coefficient (Wildman–Crippen LogP) is 3.58. The molecule has 3 rings (SSSR count). The van der Waals surface area contributed by atoms with Crippen LogP contribution in [0.4, 0.5) is 0 Å². The van der Waals surface area contributed by atoms with Crippen molar-refractivity contribution in [3.63, 3.8) is 0 Å². The molecule has 3 N–H and O–H groups in total. The number of rotatable bonds is 5. The summed E-state index contributed by atoms with van der Waals surface area (Å²) in [4.78, 5) is 4.44. The molecule has 2 aromatic rings. The van der Waals surface area contributed by atoms with Crippen LogP contribution < -0.4 is 11.3 Å². The first kappa shape index (κ1) is 14.5. The fourth-order valence-corrected chi connectivity index (χ4v) is 3.63.